The Hall–Kier alpha value is -2.17. The van der Waals surface area contributed by atoms with E-state index in [-0.39, 0.29) is 5.96 Å². The molecule has 1 aromatic rings. The van der Waals surface area contributed by atoms with E-state index in [4.69, 9.17) is 11.5 Å². The molecule has 0 unspecified atom stereocenters. The molecule has 5 nitrogen and oxygen atoms in total. The summed E-state index contributed by atoms with van der Waals surface area (Å²) < 4.78 is 0. The third kappa shape index (κ3) is 3.48. The lowest BCUT2D eigenvalue weighted by Gasteiger charge is -1.89. The Balaban J connectivity index is 2.66. The second kappa shape index (κ2) is 4.76. The molecule has 1 amide bonds. The van der Waals surface area contributed by atoms with Gasteiger partial charge in [-0.05, 0) is 17.7 Å². The Labute approximate surface area is 81.2 Å². The minimum atomic E-state index is -0.492. The number of hydrogen-bond donors (Lipinski definition) is 2. The summed E-state index contributed by atoms with van der Waals surface area (Å²) in [6.45, 7) is 0. The van der Waals surface area contributed by atoms with Gasteiger partial charge in [0, 0.05) is 18.5 Å². The van der Waals surface area contributed by atoms with Gasteiger partial charge in [0.2, 0.25) is 0 Å². The first-order valence-corrected chi connectivity index (χ1v) is 3.90. The zero-order chi connectivity index (χ0) is 10.4. The molecule has 0 saturated heterocycles. The van der Waals surface area contributed by atoms with E-state index < -0.39 is 5.91 Å². The number of hydrogen-bond acceptors (Lipinski definition) is 2. The molecule has 0 spiro atoms. The maximum absolute atomic E-state index is 11.0. The Bertz CT molecular complexity index is 366. The van der Waals surface area contributed by atoms with Crippen LogP contribution in [0.1, 0.15) is 5.56 Å². The van der Waals surface area contributed by atoms with Crippen LogP contribution in [0.15, 0.2) is 35.6 Å². The molecule has 0 aromatic carbocycles. The first-order valence-electron chi connectivity index (χ1n) is 3.90. The summed E-state index contributed by atoms with van der Waals surface area (Å²) in [4.78, 5) is 18.2. The number of rotatable bonds is 2. The van der Waals surface area contributed by atoms with Crippen LogP contribution >= 0.6 is 0 Å². The minimum Gasteiger partial charge on any atom is -0.370 e. The Morgan fingerprint density at radius 1 is 1.50 bits per heavy atom. The molecule has 4 N–H and O–H groups in total. The molecule has 0 saturated carbocycles. The van der Waals surface area contributed by atoms with Gasteiger partial charge >= 0.3 is 0 Å². The molecule has 0 bridgehead atoms. The van der Waals surface area contributed by atoms with E-state index in [1.807, 2.05) is 6.07 Å². The van der Waals surface area contributed by atoms with Gasteiger partial charge in [0.1, 0.15) is 0 Å². The lowest BCUT2D eigenvalue weighted by atomic mass is 10.2. The summed E-state index contributed by atoms with van der Waals surface area (Å²) in [6.07, 6.45) is 6.13. The summed E-state index contributed by atoms with van der Waals surface area (Å²) >= 11 is 0. The van der Waals surface area contributed by atoms with Gasteiger partial charge in [-0.25, -0.2) is 0 Å². The smallest absolute Gasteiger partial charge is 0.272 e. The second-order valence-corrected chi connectivity index (χ2v) is 2.49. The molecule has 72 valence electrons. The lowest BCUT2D eigenvalue weighted by molar-refractivity contribution is -0.113. The van der Waals surface area contributed by atoms with E-state index >= 15 is 0 Å². The van der Waals surface area contributed by atoms with E-state index in [0.29, 0.717) is 0 Å². The maximum Gasteiger partial charge on any atom is 0.272 e. The molecule has 14 heavy (non-hydrogen) atoms. The third-order valence-electron chi connectivity index (χ3n) is 1.34. The first kappa shape index (κ1) is 9.91. The minimum absolute atomic E-state index is 0.245. The number of nitrogens with zero attached hydrogens (tertiary/aromatic N) is 2. The molecule has 0 aliphatic carbocycles. The first-order chi connectivity index (χ1) is 6.68. The summed E-state index contributed by atoms with van der Waals surface area (Å²) in [5.41, 5.74) is 10.9. The van der Waals surface area contributed by atoms with Crippen LogP contribution in [0.4, 0.5) is 0 Å². The average molecular weight is 190 g/mol. The number of nitrogens with two attached hydrogens (primary N) is 2. The van der Waals surface area contributed by atoms with E-state index in [9.17, 15) is 4.79 Å². The number of aromatic nitrogens is 1. The molecular formula is C9H10N4O. The summed E-state index contributed by atoms with van der Waals surface area (Å²) in [5, 5.41) is 0. The average Bonchev–Trinajstić information content (AvgIpc) is 2.15. The van der Waals surface area contributed by atoms with Crippen molar-refractivity contribution in [2.75, 3.05) is 0 Å². The van der Waals surface area contributed by atoms with Crippen molar-refractivity contribution < 1.29 is 4.79 Å². The highest BCUT2D eigenvalue weighted by atomic mass is 16.1. The van der Waals surface area contributed by atoms with Crippen molar-refractivity contribution in [3.8, 4) is 0 Å². The van der Waals surface area contributed by atoms with Crippen molar-refractivity contribution in [1.82, 2.24) is 4.98 Å². The number of aliphatic imine (C=N–C) groups is 1. The quantitative estimate of drug-likeness (QED) is 0.386. The number of carbonyl (C=O) groups is 1. The summed E-state index contributed by atoms with van der Waals surface area (Å²) in [6, 6.07) is 3.58. The van der Waals surface area contributed by atoms with E-state index in [0.717, 1.165) is 5.56 Å². The molecular weight excluding hydrogens is 180 g/mol. The molecule has 1 rings (SSSR count). The molecule has 5 heteroatoms. The number of amides is 1. The van der Waals surface area contributed by atoms with Gasteiger partial charge in [0.25, 0.3) is 5.91 Å². The van der Waals surface area contributed by atoms with Crippen LogP contribution in [-0.4, -0.2) is 16.9 Å². The second-order valence-electron chi connectivity index (χ2n) is 2.49. The fourth-order valence-electron chi connectivity index (χ4n) is 0.807. The highest BCUT2D eigenvalue weighted by Gasteiger charge is 1.92. The monoisotopic (exact) mass is 190 g/mol. The van der Waals surface area contributed by atoms with Crippen molar-refractivity contribution in [1.29, 1.82) is 0 Å². The fourth-order valence-corrected chi connectivity index (χ4v) is 0.807. The van der Waals surface area contributed by atoms with Crippen LogP contribution in [-0.2, 0) is 4.79 Å². The van der Waals surface area contributed by atoms with Crippen molar-refractivity contribution in [2.24, 2.45) is 16.5 Å². The third-order valence-corrected chi connectivity index (χ3v) is 1.34. The number of guanidine groups is 1. The van der Waals surface area contributed by atoms with Gasteiger partial charge in [-0.2, -0.15) is 4.99 Å². The van der Waals surface area contributed by atoms with E-state index in [2.05, 4.69) is 9.98 Å². The zero-order valence-electron chi connectivity index (χ0n) is 7.42. The van der Waals surface area contributed by atoms with E-state index in [1.54, 1.807) is 24.5 Å². The topological polar surface area (TPSA) is 94.4 Å². The van der Waals surface area contributed by atoms with Gasteiger partial charge in [-0.15, -0.1) is 0 Å². The van der Waals surface area contributed by atoms with Crippen LogP contribution < -0.4 is 11.5 Å². The predicted molar refractivity (Wildman–Crippen MR) is 54.1 cm³/mol. The number of carbonyl (C=O) groups excluding carboxylic acids is 1. The molecule has 0 fully saturated rings. The SMILES string of the molecule is NC(N)=NC(=O)/C=C/c1cccnc1. The van der Waals surface area contributed by atoms with Gasteiger partial charge in [0.05, 0.1) is 0 Å². The molecule has 0 aliphatic heterocycles. The molecule has 1 heterocycles. The van der Waals surface area contributed by atoms with Gasteiger partial charge < -0.3 is 11.5 Å². The Morgan fingerprint density at radius 3 is 2.86 bits per heavy atom. The van der Waals surface area contributed by atoms with Crippen molar-refractivity contribution in [3.05, 3.63) is 36.2 Å². The Morgan fingerprint density at radius 2 is 2.29 bits per heavy atom. The normalized spacial score (nSPS) is 10.0. The lowest BCUT2D eigenvalue weighted by Crippen LogP contribution is -2.23. The van der Waals surface area contributed by atoms with Gasteiger partial charge in [-0.1, -0.05) is 6.07 Å². The van der Waals surface area contributed by atoms with Crippen LogP contribution in [0, 0.1) is 0 Å². The van der Waals surface area contributed by atoms with Crippen LogP contribution in [0.25, 0.3) is 6.08 Å². The standard InChI is InChI=1S/C9H10N4O/c10-9(11)13-8(14)4-3-7-2-1-5-12-6-7/h1-6H,(H4,10,11,13,14)/b4-3+. The molecule has 1 aromatic heterocycles. The zero-order valence-corrected chi connectivity index (χ0v) is 7.42. The van der Waals surface area contributed by atoms with Crippen molar-refractivity contribution >= 4 is 17.9 Å². The fraction of sp³-hybridized carbons (Fsp3) is 0. The highest BCUT2D eigenvalue weighted by molar-refractivity contribution is 5.99. The highest BCUT2D eigenvalue weighted by Crippen LogP contribution is 1.98. The number of pyridine rings is 1. The summed E-state index contributed by atoms with van der Waals surface area (Å²) in [7, 11) is 0. The van der Waals surface area contributed by atoms with Gasteiger partial charge in [0.15, 0.2) is 5.96 Å². The summed E-state index contributed by atoms with van der Waals surface area (Å²) in [5.74, 6) is -0.736. The molecule has 0 atom stereocenters. The largest absolute Gasteiger partial charge is 0.370 e. The molecule has 0 aliphatic rings. The van der Waals surface area contributed by atoms with Crippen molar-refractivity contribution in [2.45, 2.75) is 0 Å². The van der Waals surface area contributed by atoms with Crippen LogP contribution in [0.3, 0.4) is 0 Å². The van der Waals surface area contributed by atoms with Crippen molar-refractivity contribution in [3.63, 3.8) is 0 Å². The Kier molecular flexibility index (Phi) is 3.37. The maximum atomic E-state index is 11.0. The van der Waals surface area contributed by atoms with Gasteiger partial charge in [-0.3, -0.25) is 9.78 Å². The van der Waals surface area contributed by atoms with E-state index in [1.165, 1.54) is 6.08 Å². The van der Waals surface area contributed by atoms with Crippen LogP contribution in [0.5, 0.6) is 0 Å². The predicted octanol–water partition coefficient (Wildman–Crippen LogP) is -0.105. The molecule has 0 radical (unpaired) electrons. The van der Waals surface area contributed by atoms with Crippen LogP contribution in [0.2, 0.25) is 0 Å².